The van der Waals surface area contributed by atoms with Crippen LogP contribution in [0.15, 0.2) is 6.20 Å². The maximum Gasteiger partial charge on any atom is 0.156 e. The van der Waals surface area contributed by atoms with Crippen LogP contribution < -0.4 is 0 Å². The molecule has 1 aromatic rings. The largest absolute Gasteiger partial charge is 0.394 e. The zero-order valence-electron chi connectivity index (χ0n) is 13.0. The smallest absolute Gasteiger partial charge is 0.156 e. The van der Waals surface area contributed by atoms with E-state index in [1.54, 1.807) is 13.8 Å². The molecule has 1 fully saturated rings. The molecule has 3 N–H and O–H groups in total. The highest BCUT2D eigenvalue weighted by atomic mass is 18.2. The second-order valence-corrected chi connectivity index (χ2v) is 6.05. The third-order valence-electron chi connectivity index (χ3n) is 3.90. The van der Waals surface area contributed by atoms with Crippen molar-refractivity contribution in [2.45, 2.75) is 57.4 Å². The average molecular weight is 330 g/mol. The number of aromatic nitrogens is 3. The molecule has 0 amide bonds. The molecular weight excluding hydrogens is 308 g/mol. The van der Waals surface area contributed by atoms with Gasteiger partial charge in [0.2, 0.25) is 0 Å². The number of carbonyl (C=O) groups is 1. The number of aliphatic hydroxyl groups is 3. The Hall–Kier alpha value is -1.42. The van der Waals surface area contributed by atoms with Crippen molar-refractivity contribution in [1.82, 2.24) is 15.0 Å². The fourth-order valence-electron chi connectivity index (χ4n) is 2.38. The summed E-state index contributed by atoms with van der Waals surface area (Å²) in [5.41, 5.74) is 0.398. The van der Waals surface area contributed by atoms with Gasteiger partial charge in [0.05, 0.1) is 18.4 Å². The van der Waals surface area contributed by atoms with Crippen molar-refractivity contribution < 1.29 is 29.2 Å². The van der Waals surface area contributed by atoms with Crippen LogP contribution in [0.4, 0.5) is 4.39 Å². The average Bonchev–Trinajstić information content (AvgIpc) is 2.94. The number of alkyl halides is 1. The molecule has 2 heterocycles. The topological polar surface area (TPSA) is 118 Å². The number of Topliss-reactive ketones (excluding diaryl/α,β-unsaturated/α-hetero) is 1. The molecule has 0 radical (unpaired) electrons. The molecule has 0 saturated carbocycles. The predicted molar refractivity (Wildman–Crippen MR) is 76.2 cm³/mol. The van der Waals surface area contributed by atoms with Crippen molar-refractivity contribution in [3.05, 3.63) is 11.9 Å². The number of carbonyl (C=O) groups excluding carboxylic acids is 1. The summed E-state index contributed by atoms with van der Waals surface area (Å²) in [6.45, 7) is 3.11. The van der Waals surface area contributed by atoms with Crippen LogP contribution in [-0.2, 0) is 22.5 Å². The molecule has 0 bridgehead atoms. The van der Waals surface area contributed by atoms with Gasteiger partial charge in [0.1, 0.15) is 24.9 Å². The number of halogens is 1. The van der Waals surface area contributed by atoms with Gasteiger partial charge in [-0.15, -0.1) is 5.10 Å². The summed E-state index contributed by atoms with van der Waals surface area (Å²) >= 11 is 0. The van der Waals surface area contributed by atoms with Crippen LogP contribution in [0.5, 0.6) is 0 Å². The Balaban J connectivity index is 2.01. The van der Waals surface area contributed by atoms with Gasteiger partial charge < -0.3 is 20.1 Å². The molecule has 0 aliphatic carbocycles. The molecule has 1 saturated heterocycles. The van der Waals surface area contributed by atoms with E-state index in [0.717, 1.165) is 0 Å². The minimum atomic E-state index is -1.81. The molecule has 0 spiro atoms. The quantitative estimate of drug-likeness (QED) is 0.604. The van der Waals surface area contributed by atoms with E-state index in [4.69, 9.17) is 9.84 Å². The van der Waals surface area contributed by atoms with Crippen LogP contribution in [-0.4, -0.2) is 73.3 Å². The summed E-state index contributed by atoms with van der Waals surface area (Å²) in [7, 11) is 0. The maximum absolute atomic E-state index is 14.1. The van der Waals surface area contributed by atoms with Crippen molar-refractivity contribution in [2.24, 2.45) is 5.92 Å². The predicted octanol–water partition coefficient (Wildman–Crippen LogP) is -1.13. The van der Waals surface area contributed by atoms with Crippen molar-refractivity contribution in [2.75, 3.05) is 6.61 Å². The Bertz CT molecular complexity index is 536. The van der Waals surface area contributed by atoms with E-state index in [9.17, 15) is 19.4 Å². The van der Waals surface area contributed by atoms with Gasteiger partial charge in [0.25, 0.3) is 0 Å². The van der Waals surface area contributed by atoms with E-state index in [1.165, 1.54) is 10.9 Å². The highest BCUT2D eigenvalue weighted by molar-refractivity contribution is 5.79. The molecule has 1 aliphatic heterocycles. The zero-order chi connectivity index (χ0) is 17.1. The van der Waals surface area contributed by atoms with Gasteiger partial charge in [-0.3, -0.25) is 4.79 Å². The van der Waals surface area contributed by atoms with E-state index >= 15 is 0 Å². The SMILES string of the molecule is CC(C)C(=O)Cn1cc(C[C@@H]2OC(CO)[C@@H](O)C(O)[C@@H]2[18F])nn1. The number of aliphatic hydroxyl groups excluding tert-OH is 3. The van der Waals surface area contributed by atoms with E-state index in [1.807, 2.05) is 0 Å². The first-order chi connectivity index (χ1) is 10.8. The Kier molecular flexibility index (Phi) is 5.79. The van der Waals surface area contributed by atoms with Crippen LogP contribution in [0, 0.1) is 5.92 Å². The second-order valence-electron chi connectivity index (χ2n) is 6.05. The monoisotopic (exact) mass is 330 g/mol. The Morgan fingerprint density at radius 3 is 2.70 bits per heavy atom. The number of ketones is 1. The van der Waals surface area contributed by atoms with Crippen molar-refractivity contribution >= 4 is 5.78 Å². The van der Waals surface area contributed by atoms with Crippen molar-refractivity contribution in [3.8, 4) is 0 Å². The second kappa shape index (κ2) is 7.43. The Morgan fingerprint density at radius 2 is 2.09 bits per heavy atom. The summed E-state index contributed by atoms with van der Waals surface area (Å²) in [5.74, 6) is -0.126. The maximum atomic E-state index is 14.1. The first-order valence-corrected chi connectivity index (χ1v) is 7.51. The van der Waals surface area contributed by atoms with Crippen molar-refractivity contribution in [1.29, 1.82) is 0 Å². The minimum absolute atomic E-state index is 0.00220. The summed E-state index contributed by atoms with van der Waals surface area (Å²) in [6, 6.07) is 0. The lowest BCUT2D eigenvalue weighted by Crippen LogP contribution is -2.57. The molecule has 130 valence electrons. The van der Waals surface area contributed by atoms with Crippen LogP contribution in [0.3, 0.4) is 0 Å². The molecule has 2 unspecified atom stereocenters. The highest BCUT2D eigenvalue weighted by Gasteiger charge is 2.44. The molecule has 9 heteroatoms. The molecule has 1 aromatic heterocycles. The lowest BCUT2D eigenvalue weighted by atomic mass is 9.94. The Labute approximate surface area is 132 Å². The lowest BCUT2D eigenvalue weighted by molar-refractivity contribution is -0.211. The number of hydrogen-bond donors (Lipinski definition) is 3. The normalized spacial score (nSPS) is 31.5. The Morgan fingerprint density at radius 1 is 1.39 bits per heavy atom. The molecule has 23 heavy (non-hydrogen) atoms. The van der Waals surface area contributed by atoms with E-state index < -0.39 is 37.2 Å². The van der Waals surface area contributed by atoms with E-state index in [0.29, 0.717) is 5.69 Å². The fraction of sp³-hybridized carbons (Fsp3) is 0.786. The fourth-order valence-corrected chi connectivity index (χ4v) is 2.38. The van der Waals surface area contributed by atoms with Crippen LogP contribution in [0.1, 0.15) is 19.5 Å². The molecule has 0 aromatic carbocycles. The van der Waals surface area contributed by atoms with Crippen molar-refractivity contribution in [3.63, 3.8) is 0 Å². The van der Waals surface area contributed by atoms with Gasteiger partial charge in [-0.05, 0) is 0 Å². The van der Waals surface area contributed by atoms with E-state index in [-0.39, 0.29) is 24.7 Å². The van der Waals surface area contributed by atoms with Gasteiger partial charge in [0, 0.05) is 18.5 Å². The van der Waals surface area contributed by atoms with Crippen LogP contribution >= 0.6 is 0 Å². The first kappa shape index (κ1) is 17.9. The minimum Gasteiger partial charge on any atom is -0.394 e. The van der Waals surface area contributed by atoms with Gasteiger partial charge in [-0.1, -0.05) is 19.1 Å². The number of nitrogens with zero attached hydrogens (tertiary/aromatic N) is 3. The summed E-state index contributed by atoms with van der Waals surface area (Å²) in [4.78, 5) is 11.7. The van der Waals surface area contributed by atoms with Gasteiger partial charge in [-0.2, -0.15) is 0 Å². The molecule has 8 nitrogen and oxygen atoms in total. The lowest BCUT2D eigenvalue weighted by Gasteiger charge is -2.38. The number of rotatable bonds is 6. The standard InChI is InChI=1S/C14H22FN3O5/c1-7(2)9(20)5-18-4-8(16-17-18)3-10-12(15)14(22)13(21)11(6-19)23-10/h4,7,10-14,19,21-22H,3,5-6H2,1-2H3/t10-,11?,12+,13+,14?/m0/s1/i15-1. The number of ether oxygens (including phenoxy) is 1. The molecule has 1 aliphatic rings. The zero-order valence-corrected chi connectivity index (χ0v) is 13.0. The third-order valence-corrected chi connectivity index (χ3v) is 3.90. The first-order valence-electron chi connectivity index (χ1n) is 7.51. The molecular formula is C14H22FN3O5. The summed E-state index contributed by atoms with van der Waals surface area (Å²) in [6.07, 6.45) is -5.51. The summed E-state index contributed by atoms with van der Waals surface area (Å²) in [5, 5.41) is 36.1. The van der Waals surface area contributed by atoms with Gasteiger partial charge in [-0.25, -0.2) is 9.07 Å². The van der Waals surface area contributed by atoms with Crippen LogP contribution in [0.2, 0.25) is 0 Å². The molecule has 5 atom stereocenters. The van der Waals surface area contributed by atoms with Gasteiger partial charge in [0.15, 0.2) is 12.0 Å². The summed E-state index contributed by atoms with van der Waals surface area (Å²) < 4.78 is 20.7. The highest BCUT2D eigenvalue weighted by Crippen LogP contribution is 2.25. The van der Waals surface area contributed by atoms with Gasteiger partial charge >= 0.3 is 0 Å². The molecule has 2 rings (SSSR count). The number of hydrogen-bond acceptors (Lipinski definition) is 7. The van der Waals surface area contributed by atoms with Crippen LogP contribution in [0.25, 0.3) is 0 Å². The van der Waals surface area contributed by atoms with E-state index in [2.05, 4.69) is 10.3 Å². The third kappa shape index (κ3) is 4.11.